The highest BCUT2D eigenvalue weighted by Crippen LogP contribution is 2.14. The Morgan fingerprint density at radius 3 is 2.76 bits per heavy atom. The van der Waals surface area contributed by atoms with Gasteiger partial charge in [0.05, 0.1) is 17.4 Å². The van der Waals surface area contributed by atoms with Crippen LogP contribution in [0.1, 0.15) is 21.6 Å². The number of H-pyrrole nitrogens is 1. The number of rotatable bonds is 5. The van der Waals surface area contributed by atoms with Crippen LogP contribution in [0.25, 0.3) is 0 Å². The van der Waals surface area contributed by atoms with Crippen molar-refractivity contribution in [3.63, 3.8) is 0 Å². The van der Waals surface area contributed by atoms with Crippen molar-refractivity contribution < 1.29 is 18.3 Å². The van der Waals surface area contributed by atoms with Crippen molar-refractivity contribution in [1.82, 2.24) is 10.2 Å². The second kappa shape index (κ2) is 5.64. The standard InChI is InChI=1S/C12H10N4O4S/c13-6-8-3-1-2-4-9(8)7-21(19,20)16-11-5-10(12(17)18)14-15-11/h1-5H,7H2,(H,17,18)(H2,14,15,16). The molecular weight excluding hydrogens is 296 g/mol. The van der Waals surface area contributed by atoms with Crippen LogP contribution >= 0.6 is 0 Å². The van der Waals surface area contributed by atoms with E-state index in [2.05, 4.69) is 14.9 Å². The Morgan fingerprint density at radius 2 is 2.14 bits per heavy atom. The van der Waals surface area contributed by atoms with E-state index in [-0.39, 0.29) is 17.1 Å². The zero-order chi connectivity index (χ0) is 15.5. The number of nitrogens with one attached hydrogen (secondary N) is 2. The van der Waals surface area contributed by atoms with E-state index in [1.807, 2.05) is 6.07 Å². The van der Waals surface area contributed by atoms with E-state index < -0.39 is 21.7 Å². The first kappa shape index (κ1) is 14.5. The molecule has 108 valence electrons. The molecule has 0 amide bonds. The van der Waals surface area contributed by atoms with Gasteiger partial charge in [0.2, 0.25) is 10.0 Å². The molecule has 1 aromatic heterocycles. The van der Waals surface area contributed by atoms with E-state index in [1.54, 1.807) is 12.1 Å². The van der Waals surface area contributed by atoms with Gasteiger partial charge in [0.1, 0.15) is 5.69 Å². The molecule has 0 saturated heterocycles. The van der Waals surface area contributed by atoms with E-state index in [4.69, 9.17) is 10.4 Å². The molecule has 0 radical (unpaired) electrons. The van der Waals surface area contributed by atoms with Crippen LogP contribution in [0.2, 0.25) is 0 Å². The third kappa shape index (κ3) is 3.58. The largest absolute Gasteiger partial charge is 0.477 e. The van der Waals surface area contributed by atoms with Crippen molar-refractivity contribution in [2.45, 2.75) is 5.75 Å². The normalized spacial score (nSPS) is 10.8. The molecule has 3 N–H and O–H groups in total. The first-order valence-electron chi connectivity index (χ1n) is 5.68. The Morgan fingerprint density at radius 1 is 1.43 bits per heavy atom. The Hall–Kier alpha value is -2.86. The van der Waals surface area contributed by atoms with Crippen molar-refractivity contribution in [2.75, 3.05) is 4.72 Å². The van der Waals surface area contributed by atoms with Crippen LogP contribution in [-0.2, 0) is 15.8 Å². The SMILES string of the molecule is N#Cc1ccccc1CS(=O)(=O)Nc1cc(C(=O)O)[nH]n1. The van der Waals surface area contributed by atoms with Crippen LogP contribution in [0, 0.1) is 11.3 Å². The summed E-state index contributed by atoms with van der Waals surface area (Å²) in [4.78, 5) is 10.7. The van der Waals surface area contributed by atoms with Crippen LogP contribution in [0.4, 0.5) is 5.82 Å². The molecule has 0 unspecified atom stereocenters. The van der Waals surface area contributed by atoms with Gasteiger partial charge < -0.3 is 5.11 Å². The summed E-state index contributed by atoms with van der Waals surface area (Å²) in [5.41, 5.74) is 0.378. The fraction of sp³-hybridized carbons (Fsp3) is 0.0833. The van der Waals surface area contributed by atoms with E-state index >= 15 is 0 Å². The summed E-state index contributed by atoms with van der Waals surface area (Å²) in [6.07, 6.45) is 0. The van der Waals surface area contributed by atoms with Gasteiger partial charge in [-0.2, -0.15) is 10.4 Å². The first-order valence-corrected chi connectivity index (χ1v) is 7.34. The van der Waals surface area contributed by atoms with Gasteiger partial charge in [-0.25, -0.2) is 13.2 Å². The average molecular weight is 306 g/mol. The summed E-state index contributed by atoms with van der Waals surface area (Å²) in [7, 11) is -3.81. The van der Waals surface area contributed by atoms with Gasteiger partial charge in [-0.3, -0.25) is 9.82 Å². The number of carboxylic acids is 1. The number of aromatic nitrogens is 2. The van der Waals surface area contributed by atoms with Crippen LogP contribution in [0.5, 0.6) is 0 Å². The smallest absolute Gasteiger partial charge is 0.353 e. The Balaban J connectivity index is 2.19. The molecule has 21 heavy (non-hydrogen) atoms. The summed E-state index contributed by atoms with van der Waals surface area (Å²) in [5, 5.41) is 23.4. The summed E-state index contributed by atoms with van der Waals surface area (Å²) in [5.74, 6) is -1.78. The van der Waals surface area contributed by atoms with E-state index in [0.29, 0.717) is 5.56 Å². The summed E-state index contributed by atoms with van der Waals surface area (Å²) >= 11 is 0. The highest BCUT2D eigenvalue weighted by molar-refractivity contribution is 7.91. The number of nitriles is 1. The number of benzene rings is 1. The lowest BCUT2D eigenvalue weighted by molar-refractivity contribution is 0.0690. The lowest BCUT2D eigenvalue weighted by Gasteiger charge is -2.06. The van der Waals surface area contributed by atoms with Gasteiger partial charge in [0.15, 0.2) is 5.82 Å². The maximum Gasteiger partial charge on any atom is 0.353 e. The predicted octanol–water partition coefficient (Wildman–Crippen LogP) is 0.921. The summed E-state index contributed by atoms with van der Waals surface area (Å²) < 4.78 is 26.1. The molecule has 0 bridgehead atoms. The number of sulfonamides is 1. The number of hydrogen-bond acceptors (Lipinski definition) is 5. The number of aromatic carboxylic acids is 1. The third-order valence-corrected chi connectivity index (χ3v) is 3.76. The van der Waals surface area contributed by atoms with Crippen molar-refractivity contribution in [1.29, 1.82) is 5.26 Å². The lowest BCUT2D eigenvalue weighted by atomic mass is 10.1. The molecule has 0 aliphatic rings. The van der Waals surface area contributed by atoms with E-state index in [1.165, 1.54) is 12.1 Å². The second-order valence-electron chi connectivity index (χ2n) is 4.10. The topological polar surface area (TPSA) is 136 Å². The van der Waals surface area contributed by atoms with E-state index in [9.17, 15) is 13.2 Å². The number of aromatic amines is 1. The monoisotopic (exact) mass is 306 g/mol. The van der Waals surface area contributed by atoms with Crippen molar-refractivity contribution in [3.8, 4) is 6.07 Å². The number of carbonyl (C=O) groups is 1. The fourth-order valence-corrected chi connectivity index (χ4v) is 2.80. The molecule has 0 spiro atoms. The number of carboxylic acid groups (broad SMARTS) is 1. The minimum atomic E-state index is -3.81. The minimum Gasteiger partial charge on any atom is -0.477 e. The molecule has 0 fully saturated rings. The van der Waals surface area contributed by atoms with Gasteiger partial charge in [-0.05, 0) is 11.6 Å². The number of nitrogens with zero attached hydrogens (tertiary/aromatic N) is 2. The van der Waals surface area contributed by atoms with Gasteiger partial charge in [-0.15, -0.1) is 0 Å². The molecule has 0 saturated carbocycles. The minimum absolute atomic E-state index is 0.123. The van der Waals surface area contributed by atoms with Crippen LogP contribution in [-0.4, -0.2) is 29.7 Å². The zero-order valence-electron chi connectivity index (χ0n) is 10.6. The lowest BCUT2D eigenvalue weighted by Crippen LogP contribution is -2.16. The highest BCUT2D eigenvalue weighted by Gasteiger charge is 2.17. The van der Waals surface area contributed by atoms with Crippen molar-refractivity contribution in [3.05, 3.63) is 47.2 Å². The van der Waals surface area contributed by atoms with Crippen molar-refractivity contribution in [2.24, 2.45) is 0 Å². The number of hydrogen-bond donors (Lipinski definition) is 3. The molecule has 0 aliphatic carbocycles. The predicted molar refractivity (Wildman–Crippen MR) is 73.0 cm³/mol. The highest BCUT2D eigenvalue weighted by atomic mass is 32.2. The van der Waals surface area contributed by atoms with Gasteiger partial charge in [0.25, 0.3) is 0 Å². The second-order valence-corrected chi connectivity index (χ2v) is 5.82. The average Bonchev–Trinajstić information content (AvgIpc) is 2.86. The van der Waals surface area contributed by atoms with Gasteiger partial charge >= 0.3 is 5.97 Å². The molecular formula is C12H10N4O4S. The maximum absolute atomic E-state index is 12.0. The Kier molecular flexibility index (Phi) is 3.91. The molecule has 8 nitrogen and oxygen atoms in total. The molecule has 0 aliphatic heterocycles. The molecule has 0 atom stereocenters. The molecule has 2 rings (SSSR count). The molecule has 9 heteroatoms. The zero-order valence-corrected chi connectivity index (χ0v) is 11.4. The van der Waals surface area contributed by atoms with Gasteiger partial charge in [-0.1, -0.05) is 18.2 Å². The van der Waals surface area contributed by atoms with E-state index in [0.717, 1.165) is 6.07 Å². The van der Waals surface area contributed by atoms with Gasteiger partial charge in [0, 0.05) is 6.07 Å². The van der Waals surface area contributed by atoms with Crippen LogP contribution in [0.15, 0.2) is 30.3 Å². The first-order chi connectivity index (χ1) is 9.91. The maximum atomic E-state index is 12.0. The molecule has 1 aromatic carbocycles. The van der Waals surface area contributed by atoms with Crippen LogP contribution < -0.4 is 4.72 Å². The Labute approximate surface area is 120 Å². The summed E-state index contributed by atoms with van der Waals surface area (Å²) in [6, 6.07) is 9.29. The van der Waals surface area contributed by atoms with Crippen LogP contribution in [0.3, 0.4) is 0 Å². The quantitative estimate of drug-likeness (QED) is 0.751. The molecule has 1 heterocycles. The third-order valence-electron chi connectivity index (χ3n) is 2.55. The fourth-order valence-electron chi connectivity index (χ4n) is 1.64. The Bertz CT molecular complexity index is 820. The number of anilines is 1. The molecule has 2 aromatic rings. The van der Waals surface area contributed by atoms with Crippen molar-refractivity contribution >= 4 is 21.8 Å². The summed E-state index contributed by atoms with van der Waals surface area (Å²) in [6.45, 7) is 0.